The van der Waals surface area contributed by atoms with Gasteiger partial charge in [0.05, 0.1) is 0 Å². The van der Waals surface area contributed by atoms with Crippen LogP contribution in [0.1, 0.15) is 36.0 Å². The minimum Gasteiger partial charge on any atom is -0.353 e. The zero-order valence-corrected chi connectivity index (χ0v) is 12.5. The Labute approximate surface area is 128 Å². The van der Waals surface area contributed by atoms with E-state index in [4.69, 9.17) is 11.6 Å². The molecular weight excluding hydrogens is 290 g/mol. The molecule has 0 radical (unpaired) electrons. The second-order valence-corrected chi connectivity index (χ2v) is 6.10. The van der Waals surface area contributed by atoms with Crippen LogP contribution in [0.2, 0.25) is 5.15 Å². The van der Waals surface area contributed by atoms with E-state index in [0.717, 1.165) is 25.7 Å². The maximum Gasteiger partial charge on any atom is 0.254 e. The summed E-state index contributed by atoms with van der Waals surface area (Å²) in [5.41, 5.74) is 0.565. The number of nitrogens with zero attached hydrogens (tertiary/aromatic N) is 2. The third kappa shape index (κ3) is 3.53. The Hall–Kier alpha value is -1.62. The quantitative estimate of drug-likeness (QED) is 0.867. The summed E-state index contributed by atoms with van der Waals surface area (Å²) in [6, 6.07) is 3.46. The molecule has 3 rings (SSSR count). The third-order valence-corrected chi connectivity index (χ3v) is 4.26. The van der Waals surface area contributed by atoms with Crippen LogP contribution in [0.25, 0.3) is 0 Å². The number of aromatic nitrogens is 1. The summed E-state index contributed by atoms with van der Waals surface area (Å²) in [5.74, 6) is 0.399. The molecule has 0 aromatic carbocycles. The van der Waals surface area contributed by atoms with Gasteiger partial charge in [0.2, 0.25) is 5.91 Å². The van der Waals surface area contributed by atoms with Crippen LogP contribution in [0.4, 0.5) is 0 Å². The molecule has 1 saturated carbocycles. The molecule has 2 fully saturated rings. The largest absolute Gasteiger partial charge is 0.353 e. The first-order valence-corrected chi connectivity index (χ1v) is 7.72. The van der Waals surface area contributed by atoms with Gasteiger partial charge >= 0.3 is 0 Å². The Morgan fingerprint density at radius 2 is 1.95 bits per heavy atom. The SMILES string of the molecule is O=C(NC1CCN(C(=O)c2ccnc(Cl)c2)CC1)C1CC1. The van der Waals surface area contributed by atoms with Crippen LogP contribution in [-0.4, -0.2) is 40.8 Å². The third-order valence-electron chi connectivity index (χ3n) is 4.05. The van der Waals surface area contributed by atoms with Crippen LogP contribution in [0, 0.1) is 5.92 Å². The number of rotatable bonds is 3. The lowest BCUT2D eigenvalue weighted by Crippen LogP contribution is -2.46. The van der Waals surface area contributed by atoms with Gasteiger partial charge in [0.25, 0.3) is 5.91 Å². The van der Waals surface area contributed by atoms with Gasteiger partial charge < -0.3 is 10.2 Å². The molecule has 0 bridgehead atoms. The smallest absolute Gasteiger partial charge is 0.254 e. The first-order valence-electron chi connectivity index (χ1n) is 7.34. The van der Waals surface area contributed by atoms with Crippen molar-refractivity contribution in [1.29, 1.82) is 0 Å². The maximum absolute atomic E-state index is 12.4. The van der Waals surface area contributed by atoms with Crippen LogP contribution < -0.4 is 5.32 Å². The van der Waals surface area contributed by atoms with Gasteiger partial charge in [-0.1, -0.05) is 11.6 Å². The van der Waals surface area contributed by atoms with E-state index in [1.54, 1.807) is 12.1 Å². The number of piperidine rings is 1. The second-order valence-electron chi connectivity index (χ2n) is 5.72. The average molecular weight is 308 g/mol. The number of likely N-dealkylation sites (tertiary alicyclic amines) is 1. The zero-order chi connectivity index (χ0) is 14.8. The van der Waals surface area contributed by atoms with Crippen molar-refractivity contribution in [2.24, 2.45) is 5.92 Å². The highest BCUT2D eigenvalue weighted by molar-refractivity contribution is 6.29. The van der Waals surface area contributed by atoms with Crippen molar-refractivity contribution in [3.05, 3.63) is 29.0 Å². The summed E-state index contributed by atoms with van der Waals surface area (Å²) in [6.07, 6.45) is 5.20. The molecule has 21 heavy (non-hydrogen) atoms. The van der Waals surface area contributed by atoms with Crippen molar-refractivity contribution >= 4 is 23.4 Å². The number of hydrogen-bond acceptors (Lipinski definition) is 3. The minimum atomic E-state index is -0.0220. The first-order chi connectivity index (χ1) is 10.1. The van der Waals surface area contributed by atoms with Gasteiger partial charge in [-0.25, -0.2) is 4.98 Å². The van der Waals surface area contributed by atoms with Gasteiger partial charge in [0.1, 0.15) is 5.15 Å². The fourth-order valence-corrected chi connectivity index (χ4v) is 2.78. The molecule has 2 heterocycles. The topological polar surface area (TPSA) is 62.3 Å². The Morgan fingerprint density at radius 3 is 2.57 bits per heavy atom. The average Bonchev–Trinajstić information content (AvgIpc) is 3.32. The Balaban J connectivity index is 1.53. The Morgan fingerprint density at radius 1 is 1.24 bits per heavy atom. The number of pyridine rings is 1. The van der Waals surface area contributed by atoms with Gasteiger partial charge in [-0.3, -0.25) is 9.59 Å². The van der Waals surface area contributed by atoms with E-state index in [-0.39, 0.29) is 23.8 Å². The summed E-state index contributed by atoms with van der Waals surface area (Å²) < 4.78 is 0. The molecule has 0 atom stereocenters. The van der Waals surface area contributed by atoms with Gasteiger partial charge in [0, 0.05) is 36.8 Å². The van der Waals surface area contributed by atoms with E-state index >= 15 is 0 Å². The Bertz CT molecular complexity index is 552. The van der Waals surface area contributed by atoms with Gasteiger partial charge in [0.15, 0.2) is 0 Å². The van der Waals surface area contributed by atoms with Crippen molar-refractivity contribution in [3.63, 3.8) is 0 Å². The molecule has 1 aliphatic heterocycles. The van der Waals surface area contributed by atoms with Crippen LogP contribution in [-0.2, 0) is 4.79 Å². The number of nitrogens with one attached hydrogen (secondary N) is 1. The summed E-state index contributed by atoms with van der Waals surface area (Å²) >= 11 is 5.81. The highest BCUT2D eigenvalue weighted by atomic mass is 35.5. The molecule has 112 valence electrons. The fourth-order valence-electron chi connectivity index (χ4n) is 2.61. The van der Waals surface area contributed by atoms with Gasteiger partial charge in [-0.05, 0) is 37.8 Å². The van der Waals surface area contributed by atoms with Gasteiger partial charge in [-0.15, -0.1) is 0 Å². The number of amides is 2. The predicted molar refractivity (Wildman–Crippen MR) is 79.0 cm³/mol. The van der Waals surface area contributed by atoms with Crippen molar-refractivity contribution in [1.82, 2.24) is 15.2 Å². The van der Waals surface area contributed by atoms with E-state index in [9.17, 15) is 9.59 Å². The molecule has 1 N–H and O–H groups in total. The van der Waals surface area contributed by atoms with E-state index in [1.165, 1.54) is 6.20 Å². The Kier molecular flexibility index (Phi) is 4.10. The van der Waals surface area contributed by atoms with E-state index in [1.807, 2.05) is 4.90 Å². The molecule has 0 spiro atoms. The van der Waals surface area contributed by atoms with Crippen LogP contribution in [0.5, 0.6) is 0 Å². The fraction of sp³-hybridized carbons (Fsp3) is 0.533. The minimum absolute atomic E-state index is 0.0220. The molecule has 1 saturated heterocycles. The maximum atomic E-state index is 12.4. The summed E-state index contributed by atoms with van der Waals surface area (Å²) in [6.45, 7) is 1.32. The number of hydrogen-bond donors (Lipinski definition) is 1. The van der Waals surface area contributed by atoms with Crippen molar-refractivity contribution in [2.45, 2.75) is 31.7 Å². The number of carbonyl (C=O) groups excluding carboxylic acids is 2. The zero-order valence-electron chi connectivity index (χ0n) is 11.7. The number of carbonyl (C=O) groups is 2. The van der Waals surface area contributed by atoms with E-state index in [2.05, 4.69) is 10.3 Å². The lowest BCUT2D eigenvalue weighted by atomic mass is 10.0. The number of halogens is 1. The molecule has 0 unspecified atom stereocenters. The molecule has 2 aliphatic rings. The molecule has 5 nitrogen and oxygen atoms in total. The summed E-state index contributed by atoms with van der Waals surface area (Å²) in [4.78, 5) is 29.8. The van der Waals surface area contributed by atoms with Crippen LogP contribution in [0.3, 0.4) is 0 Å². The van der Waals surface area contributed by atoms with Crippen molar-refractivity contribution in [3.8, 4) is 0 Å². The van der Waals surface area contributed by atoms with Gasteiger partial charge in [-0.2, -0.15) is 0 Å². The molecule has 1 aliphatic carbocycles. The molecule has 2 amide bonds. The lowest BCUT2D eigenvalue weighted by molar-refractivity contribution is -0.123. The molecule has 1 aromatic heterocycles. The highest BCUT2D eigenvalue weighted by Gasteiger charge is 2.32. The molecule has 6 heteroatoms. The predicted octanol–water partition coefficient (Wildman–Crippen LogP) is 1.87. The van der Waals surface area contributed by atoms with Crippen molar-refractivity contribution < 1.29 is 9.59 Å². The standard InChI is InChI=1S/C15H18ClN3O2/c16-13-9-11(3-6-17-13)15(21)19-7-4-12(5-8-19)18-14(20)10-1-2-10/h3,6,9-10,12H,1-2,4-5,7-8H2,(H,18,20). The van der Waals surface area contributed by atoms with Crippen molar-refractivity contribution in [2.75, 3.05) is 13.1 Å². The monoisotopic (exact) mass is 307 g/mol. The first kappa shape index (κ1) is 14.3. The summed E-state index contributed by atoms with van der Waals surface area (Å²) in [7, 11) is 0. The normalized spacial score (nSPS) is 19.4. The van der Waals surface area contributed by atoms with Crippen LogP contribution in [0.15, 0.2) is 18.3 Å². The lowest BCUT2D eigenvalue weighted by Gasteiger charge is -2.32. The van der Waals surface area contributed by atoms with E-state index in [0.29, 0.717) is 23.8 Å². The van der Waals surface area contributed by atoms with Crippen LogP contribution >= 0.6 is 11.6 Å². The summed E-state index contributed by atoms with van der Waals surface area (Å²) in [5, 5.41) is 3.41. The molecular formula is C15H18ClN3O2. The van der Waals surface area contributed by atoms with E-state index < -0.39 is 0 Å². The second kappa shape index (κ2) is 6.02. The highest BCUT2D eigenvalue weighted by Crippen LogP contribution is 2.29. The molecule has 1 aromatic rings.